The molecule has 0 aromatic heterocycles. The maximum absolute atomic E-state index is 9.60. The van der Waals surface area contributed by atoms with Crippen molar-refractivity contribution in [3.05, 3.63) is 48.0 Å². The lowest BCUT2D eigenvalue weighted by Crippen LogP contribution is -1.95. The van der Waals surface area contributed by atoms with Crippen LogP contribution in [-0.4, -0.2) is 5.11 Å². The number of hydrogen-bond acceptors (Lipinski definition) is 1. The molecule has 0 aliphatic rings. The van der Waals surface area contributed by atoms with E-state index in [2.05, 4.69) is 6.58 Å². The first-order chi connectivity index (χ1) is 6.27. The van der Waals surface area contributed by atoms with Gasteiger partial charge in [-0.25, -0.2) is 0 Å². The van der Waals surface area contributed by atoms with Gasteiger partial charge in [-0.3, -0.25) is 0 Å². The lowest BCUT2D eigenvalue weighted by molar-refractivity contribution is 0.173. The van der Waals surface area contributed by atoms with Crippen LogP contribution in [0.2, 0.25) is 0 Å². The Labute approximate surface area is 79.7 Å². The van der Waals surface area contributed by atoms with Crippen molar-refractivity contribution in [2.24, 2.45) is 0 Å². The predicted molar refractivity (Wildman–Crippen MR) is 55.6 cm³/mol. The molecule has 13 heavy (non-hydrogen) atoms. The zero-order valence-electron chi connectivity index (χ0n) is 8.03. The number of aliphatic hydroxyl groups excluding tert-OH is 1. The summed E-state index contributed by atoms with van der Waals surface area (Å²) >= 11 is 0. The number of hydrogen-bond donors (Lipinski definition) is 1. The normalized spacial score (nSPS) is 12.5. The first-order valence-corrected chi connectivity index (χ1v) is 4.65. The molecule has 1 aromatic rings. The minimum absolute atomic E-state index is 0.329. The van der Waals surface area contributed by atoms with E-state index in [-0.39, 0.29) is 6.10 Å². The highest BCUT2D eigenvalue weighted by Gasteiger charge is 2.03. The Kier molecular flexibility index (Phi) is 3.71. The molecular formula is C12H16O. The number of aliphatic hydroxyl groups is 1. The second kappa shape index (κ2) is 4.83. The van der Waals surface area contributed by atoms with Crippen LogP contribution in [0.4, 0.5) is 0 Å². The first kappa shape index (κ1) is 10.0. The summed E-state index contributed by atoms with van der Waals surface area (Å²) in [7, 11) is 0. The summed E-state index contributed by atoms with van der Waals surface area (Å²) in [5.41, 5.74) is 2.21. The summed E-state index contributed by atoms with van der Waals surface area (Å²) in [5, 5.41) is 9.60. The van der Waals surface area contributed by atoms with Gasteiger partial charge in [-0.2, -0.15) is 0 Å². The molecule has 0 saturated carbocycles. The smallest absolute Gasteiger partial charge is 0.0787 e. The van der Waals surface area contributed by atoms with Crippen LogP contribution in [0, 0.1) is 0 Å². The van der Waals surface area contributed by atoms with Crippen molar-refractivity contribution >= 4 is 0 Å². The molecule has 1 rings (SSSR count). The second-order valence-corrected chi connectivity index (χ2v) is 3.16. The highest BCUT2D eigenvalue weighted by molar-refractivity contribution is 5.26. The number of allylic oxidation sites excluding steroid dienone is 1. The molecule has 1 unspecified atom stereocenters. The van der Waals surface area contributed by atoms with Crippen molar-refractivity contribution < 1.29 is 5.11 Å². The molecule has 1 N–H and O–H groups in total. The van der Waals surface area contributed by atoms with E-state index in [1.807, 2.05) is 37.3 Å². The maximum Gasteiger partial charge on any atom is 0.0787 e. The quantitative estimate of drug-likeness (QED) is 0.699. The molecule has 0 aliphatic heterocycles. The third-order valence-corrected chi connectivity index (χ3v) is 2.10. The Morgan fingerprint density at radius 2 is 2.31 bits per heavy atom. The number of benzene rings is 1. The van der Waals surface area contributed by atoms with E-state index in [1.54, 1.807) is 0 Å². The second-order valence-electron chi connectivity index (χ2n) is 3.16. The fourth-order valence-electron chi connectivity index (χ4n) is 1.33. The van der Waals surface area contributed by atoms with Gasteiger partial charge < -0.3 is 5.11 Å². The standard InChI is InChI=1S/C12H16O/c1-3-6-10-7-5-8-11(9-10)12(13)4-2/h3,5,7-9,12-13H,1,4,6H2,2H3. The molecule has 0 fully saturated rings. The van der Waals surface area contributed by atoms with E-state index >= 15 is 0 Å². The molecule has 0 saturated heterocycles. The Balaban J connectivity index is 2.84. The Hall–Kier alpha value is -1.08. The Morgan fingerprint density at radius 1 is 1.54 bits per heavy atom. The van der Waals surface area contributed by atoms with Crippen LogP contribution in [-0.2, 0) is 6.42 Å². The largest absolute Gasteiger partial charge is 0.388 e. The summed E-state index contributed by atoms with van der Waals surface area (Å²) in [5.74, 6) is 0. The van der Waals surface area contributed by atoms with Crippen LogP contribution in [0.15, 0.2) is 36.9 Å². The fourth-order valence-corrected chi connectivity index (χ4v) is 1.33. The molecule has 0 amide bonds. The first-order valence-electron chi connectivity index (χ1n) is 4.65. The van der Waals surface area contributed by atoms with Crippen LogP contribution in [0.3, 0.4) is 0 Å². The summed E-state index contributed by atoms with van der Waals surface area (Å²) in [4.78, 5) is 0. The fraction of sp³-hybridized carbons (Fsp3) is 0.333. The van der Waals surface area contributed by atoms with Crippen molar-refractivity contribution in [3.63, 3.8) is 0 Å². The summed E-state index contributed by atoms with van der Waals surface area (Å²) in [6.45, 7) is 5.67. The summed E-state index contributed by atoms with van der Waals surface area (Å²) in [6.07, 6.45) is 3.17. The van der Waals surface area contributed by atoms with E-state index in [4.69, 9.17) is 0 Å². The van der Waals surface area contributed by atoms with Crippen LogP contribution in [0.1, 0.15) is 30.6 Å². The SMILES string of the molecule is C=CCc1cccc(C(O)CC)c1. The molecule has 1 heteroatoms. The molecule has 0 heterocycles. The topological polar surface area (TPSA) is 20.2 Å². The van der Waals surface area contributed by atoms with Crippen LogP contribution < -0.4 is 0 Å². The van der Waals surface area contributed by atoms with Gasteiger partial charge in [0.05, 0.1) is 6.10 Å². The molecular weight excluding hydrogens is 160 g/mol. The average molecular weight is 176 g/mol. The van der Waals surface area contributed by atoms with Crippen LogP contribution >= 0.6 is 0 Å². The molecule has 0 spiro atoms. The zero-order chi connectivity index (χ0) is 9.68. The predicted octanol–water partition coefficient (Wildman–Crippen LogP) is 2.86. The van der Waals surface area contributed by atoms with Gasteiger partial charge in [0.25, 0.3) is 0 Å². The van der Waals surface area contributed by atoms with Gasteiger partial charge in [-0.15, -0.1) is 6.58 Å². The van der Waals surface area contributed by atoms with E-state index in [0.29, 0.717) is 0 Å². The Bertz CT molecular complexity index is 278. The minimum atomic E-state index is -0.329. The lowest BCUT2D eigenvalue weighted by Gasteiger charge is -2.08. The van der Waals surface area contributed by atoms with Gasteiger partial charge >= 0.3 is 0 Å². The van der Waals surface area contributed by atoms with Crippen molar-refractivity contribution in [1.82, 2.24) is 0 Å². The molecule has 70 valence electrons. The summed E-state index contributed by atoms with van der Waals surface area (Å²) < 4.78 is 0. The minimum Gasteiger partial charge on any atom is -0.388 e. The van der Waals surface area contributed by atoms with Crippen LogP contribution in [0.5, 0.6) is 0 Å². The van der Waals surface area contributed by atoms with Gasteiger partial charge in [0.15, 0.2) is 0 Å². The van der Waals surface area contributed by atoms with Gasteiger partial charge in [0.1, 0.15) is 0 Å². The van der Waals surface area contributed by atoms with Gasteiger partial charge in [0.2, 0.25) is 0 Å². The van der Waals surface area contributed by atoms with E-state index in [9.17, 15) is 5.11 Å². The molecule has 0 radical (unpaired) electrons. The number of rotatable bonds is 4. The average Bonchev–Trinajstić information content (AvgIpc) is 2.18. The third-order valence-electron chi connectivity index (χ3n) is 2.10. The molecule has 0 bridgehead atoms. The Morgan fingerprint density at radius 3 is 2.92 bits per heavy atom. The van der Waals surface area contributed by atoms with Crippen molar-refractivity contribution in [1.29, 1.82) is 0 Å². The lowest BCUT2D eigenvalue weighted by atomic mass is 10.0. The summed E-state index contributed by atoms with van der Waals surface area (Å²) in [6, 6.07) is 8.03. The zero-order valence-corrected chi connectivity index (χ0v) is 8.03. The van der Waals surface area contributed by atoms with E-state index in [1.165, 1.54) is 5.56 Å². The van der Waals surface area contributed by atoms with Crippen molar-refractivity contribution in [2.75, 3.05) is 0 Å². The van der Waals surface area contributed by atoms with Gasteiger partial charge in [-0.1, -0.05) is 37.3 Å². The van der Waals surface area contributed by atoms with E-state index in [0.717, 1.165) is 18.4 Å². The molecule has 1 aromatic carbocycles. The van der Waals surface area contributed by atoms with Crippen molar-refractivity contribution in [2.45, 2.75) is 25.9 Å². The maximum atomic E-state index is 9.60. The highest BCUT2D eigenvalue weighted by Crippen LogP contribution is 2.17. The van der Waals surface area contributed by atoms with E-state index < -0.39 is 0 Å². The highest BCUT2D eigenvalue weighted by atomic mass is 16.3. The van der Waals surface area contributed by atoms with Crippen LogP contribution in [0.25, 0.3) is 0 Å². The molecule has 1 atom stereocenters. The van der Waals surface area contributed by atoms with Crippen molar-refractivity contribution in [3.8, 4) is 0 Å². The monoisotopic (exact) mass is 176 g/mol. The molecule has 1 nitrogen and oxygen atoms in total. The van der Waals surface area contributed by atoms with Gasteiger partial charge in [0, 0.05) is 0 Å². The third kappa shape index (κ3) is 2.71. The van der Waals surface area contributed by atoms with Gasteiger partial charge in [-0.05, 0) is 24.0 Å². The molecule has 0 aliphatic carbocycles.